The van der Waals surface area contributed by atoms with Gasteiger partial charge in [-0.1, -0.05) is 31.4 Å². The number of nitrogens with one attached hydrogen (secondary N) is 1. The Morgan fingerprint density at radius 1 is 1.09 bits per heavy atom. The second-order valence-electron chi connectivity index (χ2n) is 6.20. The van der Waals surface area contributed by atoms with Gasteiger partial charge in [0.15, 0.2) is 0 Å². The van der Waals surface area contributed by atoms with Crippen molar-refractivity contribution in [2.24, 2.45) is 0 Å². The van der Waals surface area contributed by atoms with E-state index in [4.69, 9.17) is 5.10 Å². The van der Waals surface area contributed by atoms with Crippen molar-refractivity contribution >= 4 is 23.5 Å². The summed E-state index contributed by atoms with van der Waals surface area (Å²) in [5.41, 5.74) is 2.58. The molecule has 118 valence electrons. The van der Waals surface area contributed by atoms with Gasteiger partial charge >= 0.3 is 0 Å². The summed E-state index contributed by atoms with van der Waals surface area (Å²) >= 11 is 4.33. The molecule has 1 saturated carbocycles. The van der Waals surface area contributed by atoms with Crippen LogP contribution in [0.4, 0.5) is 0 Å². The molecule has 0 radical (unpaired) electrons. The first-order valence-electron chi connectivity index (χ1n) is 8.13. The number of H-pyrrole nitrogens is 1. The van der Waals surface area contributed by atoms with Crippen LogP contribution in [0.3, 0.4) is 0 Å². The Hall–Kier alpha value is -2.01. The van der Waals surface area contributed by atoms with Crippen LogP contribution < -0.4 is 5.56 Å². The Morgan fingerprint density at radius 2 is 1.83 bits per heavy atom. The number of hydrogen-bond acceptors (Lipinski definition) is 3. The molecular formula is C18H19N3OS. The van der Waals surface area contributed by atoms with Gasteiger partial charge < -0.3 is 4.98 Å². The number of benzene rings is 1. The van der Waals surface area contributed by atoms with Gasteiger partial charge in [-0.25, -0.2) is 0 Å². The van der Waals surface area contributed by atoms with E-state index in [1.54, 1.807) is 6.20 Å². The summed E-state index contributed by atoms with van der Waals surface area (Å²) in [5.74, 6) is 0. The quantitative estimate of drug-likeness (QED) is 0.694. The Morgan fingerprint density at radius 3 is 2.57 bits per heavy atom. The van der Waals surface area contributed by atoms with Gasteiger partial charge in [-0.2, -0.15) is 5.10 Å². The van der Waals surface area contributed by atoms with Crippen LogP contribution >= 0.6 is 12.6 Å². The summed E-state index contributed by atoms with van der Waals surface area (Å²) in [5, 5.41) is 5.53. The van der Waals surface area contributed by atoms with Crippen molar-refractivity contribution in [1.29, 1.82) is 0 Å². The molecule has 0 spiro atoms. The first-order chi connectivity index (χ1) is 11.2. The van der Waals surface area contributed by atoms with Crippen LogP contribution in [0.2, 0.25) is 0 Å². The molecule has 1 fully saturated rings. The Bertz CT molecular complexity index is 889. The molecule has 1 aromatic carbocycles. The SMILES string of the molecule is O=c1[nH]ccc2c1c(-c1ccc(S)cc1)nn2C1CCCCC1. The van der Waals surface area contributed by atoms with Crippen molar-refractivity contribution in [3.8, 4) is 11.3 Å². The lowest BCUT2D eigenvalue weighted by molar-refractivity contribution is 0.337. The Kier molecular flexibility index (Phi) is 3.73. The van der Waals surface area contributed by atoms with Gasteiger partial charge in [0.1, 0.15) is 5.69 Å². The highest BCUT2D eigenvalue weighted by Gasteiger charge is 2.22. The molecule has 0 atom stereocenters. The first-order valence-corrected chi connectivity index (χ1v) is 8.58. The third kappa shape index (κ3) is 2.59. The van der Waals surface area contributed by atoms with Crippen molar-refractivity contribution < 1.29 is 0 Å². The molecule has 0 amide bonds. The van der Waals surface area contributed by atoms with Crippen LogP contribution in [0.1, 0.15) is 38.1 Å². The standard InChI is InChI=1S/C18H19N3OS/c22-18-16-15(10-11-19-18)21(13-4-2-1-3-5-13)20-17(16)12-6-8-14(23)9-7-12/h6-11,13,23H,1-5H2,(H,19,22). The zero-order valence-corrected chi connectivity index (χ0v) is 13.7. The molecule has 0 bridgehead atoms. The van der Waals surface area contributed by atoms with Gasteiger partial charge in [0.2, 0.25) is 0 Å². The maximum atomic E-state index is 12.4. The number of aromatic amines is 1. The van der Waals surface area contributed by atoms with E-state index in [-0.39, 0.29) is 5.56 Å². The monoisotopic (exact) mass is 325 g/mol. The van der Waals surface area contributed by atoms with Gasteiger partial charge in [-0.15, -0.1) is 12.6 Å². The van der Waals surface area contributed by atoms with Crippen LogP contribution in [0.5, 0.6) is 0 Å². The van der Waals surface area contributed by atoms with E-state index in [0.29, 0.717) is 11.4 Å². The van der Waals surface area contributed by atoms with Crippen molar-refractivity contribution in [2.45, 2.75) is 43.0 Å². The highest BCUT2D eigenvalue weighted by molar-refractivity contribution is 7.80. The molecular weight excluding hydrogens is 306 g/mol. The number of hydrogen-bond donors (Lipinski definition) is 2. The lowest BCUT2D eigenvalue weighted by Crippen LogP contribution is -2.14. The second kappa shape index (κ2) is 5.89. The Labute approximate surface area is 139 Å². The van der Waals surface area contributed by atoms with Crippen LogP contribution in [0, 0.1) is 0 Å². The summed E-state index contributed by atoms with van der Waals surface area (Å²) in [6, 6.07) is 10.2. The fourth-order valence-electron chi connectivity index (χ4n) is 3.52. The first kappa shape index (κ1) is 14.6. The minimum Gasteiger partial charge on any atom is -0.328 e. The third-order valence-electron chi connectivity index (χ3n) is 4.69. The van der Waals surface area contributed by atoms with Crippen LogP contribution in [0.15, 0.2) is 46.2 Å². The lowest BCUT2D eigenvalue weighted by Gasteiger charge is -2.22. The average Bonchev–Trinajstić information content (AvgIpc) is 2.97. The zero-order valence-electron chi connectivity index (χ0n) is 12.8. The van der Waals surface area contributed by atoms with Gasteiger partial charge in [0, 0.05) is 16.7 Å². The fourth-order valence-corrected chi connectivity index (χ4v) is 3.67. The van der Waals surface area contributed by atoms with Crippen molar-refractivity contribution in [1.82, 2.24) is 14.8 Å². The summed E-state index contributed by atoms with van der Waals surface area (Å²) in [6.07, 6.45) is 7.76. The molecule has 2 aromatic heterocycles. The molecule has 0 unspecified atom stereocenters. The minimum atomic E-state index is -0.0745. The van der Waals surface area contributed by atoms with E-state index in [2.05, 4.69) is 22.3 Å². The van der Waals surface area contributed by atoms with E-state index >= 15 is 0 Å². The van der Waals surface area contributed by atoms with E-state index in [1.807, 2.05) is 30.3 Å². The Balaban J connectivity index is 1.93. The molecule has 3 aromatic rings. The average molecular weight is 325 g/mol. The number of rotatable bonds is 2. The molecule has 5 heteroatoms. The van der Waals surface area contributed by atoms with E-state index in [0.717, 1.165) is 34.5 Å². The summed E-state index contributed by atoms with van der Waals surface area (Å²) in [6.45, 7) is 0. The molecule has 1 aliphatic carbocycles. The summed E-state index contributed by atoms with van der Waals surface area (Å²) in [4.78, 5) is 16.1. The maximum Gasteiger partial charge on any atom is 0.259 e. The second-order valence-corrected chi connectivity index (χ2v) is 6.72. The van der Waals surface area contributed by atoms with Crippen molar-refractivity contribution in [3.63, 3.8) is 0 Å². The number of pyridine rings is 1. The number of fused-ring (bicyclic) bond motifs is 1. The molecule has 1 aliphatic rings. The van der Waals surface area contributed by atoms with E-state index in [1.165, 1.54) is 19.3 Å². The maximum absolute atomic E-state index is 12.4. The summed E-state index contributed by atoms with van der Waals surface area (Å²) < 4.78 is 2.08. The highest BCUT2D eigenvalue weighted by atomic mass is 32.1. The predicted octanol–water partition coefficient (Wildman–Crippen LogP) is 4.19. The van der Waals surface area contributed by atoms with Crippen molar-refractivity contribution in [3.05, 3.63) is 46.9 Å². The van der Waals surface area contributed by atoms with Crippen molar-refractivity contribution in [2.75, 3.05) is 0 Å². The van der Waals surface area contributed by atoms with Crippen LogP contribution in [-0.2, 0) is 0 Å². The predicted molar refractivity (Wildman–Crippen MR) is 95.2 cm³/mol. The number of aromatic nitrogens is 3. The number of nitrogens with zero attached hydrogens (tertiary/aromatic N) is 2. The van der Waals surface area contributed by atoms with Gasteiger partial charge in [0.05, 0.1) is 16.9 Å². The highest BCUT2D eigenvalue weighted by Crippen LogP contribution is 2.33. The topological polar surface area (TPSA) is 50.7 Å². The minimum absolute atomic E-state index is 0.0745. The van der Waals surface area contributed by atoms with E-state index in [9.17, 15) is 4.79 Å². The molecule has 0 saturated heterocycles. The van der Waals surface area contributed by atoms with Crippen LogP contribution in [0.25, 0.3) is 22.2 Å². The lowest BCUT2D eigenvalue weighted by atomic mass is 9.95. The zero-order chi connectivity index (χ0) is 15.8. The molecule has 4 rings (SSSR count). The molecule has 1 N–H and O–H groups in total. The number of thiol groups is 1. The molecule has 2 heterocycles. The third-order valence-corrected chi connectivity index (χ3v) is 4.99. The van der Waals surface area contributed by atoms with E-state index < -0.39 is 0 Å². The normalized spacial score (nSPS) is 16.0. The van der Waals surface area contributed by atoms with Gasteiger partial charge in [-0.3, -0.25) is 9.48 Å². The van der Waals surface area contributed by atoms with Crippen LogP contribution in [-0.4, -0.2) is 14.8 Å². The molecule has 23 heavy (non-hydrogen) atoms. The van der Waals surface area contributed by atoms with Gasteiger partial charge in [-0.05, 0) is 31.0 Å². The smallest absolute Gasteiger partial charge is 0.259 e. The van der Waals surface area contributed by atoms with Gasteiger partial charge in [0.25, 0.3) is 5.56 Å². The summed E-state index contributed by atoms with van der Waals surface area (Å²) in [7, 11) is 0. The largest absolute Gasteiger partial charge is 0.328 e. The molecule has 4 nitrogen and oxygen atoms in total. The fraction of sp³-hybridized carbons (Fsp3) is 0.333. The molecule has 0 aliphatic heterocycles.